The fourth-order valence-corrected chi connectivity index (χ4v) is 1.83. The third kappa shape index (κ3) is 3.62. The summed E-state index contributed by atoms with van der Waals surface area (Å²) in [7, 11) is 0. The van der Waals surface area contributed by atoms with Crippen LogP contribution < -0.4 is 10.5 Å². The van der Waals surface area contributed by atoms with Crippen LogP contribution in [0, 0.1) is 18.8 Å². The highest BCUT2D eigenvalue weighted by atomic mass is 16.5. The lowest BCUT2D eigenvalue weighted by Crippen LogP contribution is -1.98. The second kappa shape index (κ2) is 6.78. The summed E-state index contributed by atoms with van der Waals surface area (Å²) in [5.74, 6) is 6.69. The third-order valence-corrected chi connectivity index (χ3v) is 2.87. The summed E-state index contributed by atoms with van der Waals surface area (Å²) in [5.41, 5.74) is 8.49. The summed E-state index contributed by atoms with van der Waals surface area (Å²) in [4.78, 5) is 0. The average Bonchev–Trinajstić information content (AvgIpc) is 2.92. The van der Waals surface area contributed by atoms with Gasteiger partial charge in [0.15, 0.2) is 0 Å². The van der Waals surface area contributed by atoms with Crippen molar-refractivity contribution in [3.63, 3.8) is 0 Å². The van der Waals surface area contributed by atoms with Crippen LogP contribution in [-0.4, -0.2) is 16.3 Å². The van der Waals surface area contributed by atoms with E-state index in [1.54, 1.807) is 0 Å². The van der Waals surface area contributed by atoms with Gasteiger partial charge in [0, 0.05) is 18.3 Å². The lowest BCUT2D eigenvalue weighted by atomic mass is 10.1. The van der Waals surface area contributed by atoms with Crippen LogP contribution in [0.1, 0.15) is 23.6 Å². The normalized spacial score (nSPS) is 9.95. The maximum absolute atomic E-state index is 5.84. The van der Waals surface area contributed by atoms with Crippen LogP contribution in [-0.2, 0) is 13.2 Å². The standard InChI is InChI=1S/C16H19N3O/c1-3-19-11-14(10-18-19)12-20-16-7-6-13(2)9-15(16)5-4-8-17/h6-7,9-11H,3,8,12,17H2,1-2H3. The van der Waals surface area contributed by atoms with Crippen molar-refractivity contribution in [3.8, 4) is 17.6 Å². The lowest BCUT2D eigenvalue weighted by Gasteiger charge is -2.08. The highest BCUT2D eigenvalue weighted by Gasteiger charge is 2.04. The predicted octanol–water partition coefficient (Wildman–Crippen LogP) is 2.10. The number of hydrogen-bond donors (Lipinski definition) is 1. The zero-order valence-electron chi connectivity index (χ0n) is 11.9. The molecule has 0 radical (unpaired) electrons. The molecule has 0 amide bonds. The molecule has 0 atom stereocenters. The average molecular weight is 269 g/mol. The van der Waals surface area contributed by atoms with Crippen LogP contribution in [0.5, 0.6) is 5.75 Å². The fraction of sp³-hybridized carbons (Fsp3) is 0.312. The molecule has 0 aliphatic heterocycles. The molecule has 0 spiro atoms. The molecule has 4 nitrogen and oxygen atoms in total. The molecular formula is C16H19N3O. The number of aromatic nitrogens is 2. The largest absolute Gasteiger partial charge is 0.487 e. The Kier molecular flexibility index (Phi) is 4.80. The van der Waals surface area contributed by atoms with E-state index in [0.29, 0.717) is 13.2 Å². The summed E-state index contributed by atoms with van der Waals surface area (Å²) >= 11 is 0. The molecule has 0 saturated heterocycles. The molecule has 1 heterocycles. The first-order valence-electron chi connectivity index (χ1n) is 6.66. The highest BCUT2D eigenvalue weighted by Crippen LogP contribution is 2.20. The first-order chi connectivity index (χ1) is 9.72. The van der Waals surface area contributed by atoms with E-state index in [1.807, 2.05) is 42.2 Å². The Bertz CT molecular complexity index is 635. The number of benzene rings is 1. The van der Waals surface area contributed by atoms with Crippen LogP contribution in [0.15, 0.2) is 30.6 Å². The molecule has 20 heavy (non-hydrogen) atoms. The third-order valence-electron chi connectivity index (χ3n) is 2.87. The van der Waals surface area contributed by atoms with Crippen molar-refractivity contribution in [3.05, 3.63) is 47.3 Å². The predicted molar refractivity (Wildman–Crippen MR) is 79.3 cm³/mol. The molecule has 0 unspecified atom stereocenters. The molecule has 1 aromatic carbocycles. The molecule has 0 fully saturated rings. The van der Waals surface area contributed by atoms with E-state index in [1.165, 1.54) is 0 Å². The van der Waals surface area contributed by atoms with Crippen LogP contribution in [0.2, 0.25) is 0 Å². The second-order valence-corrected chi connectivity index (χ2v) is 4.50. The molecule has 2 aromatic rings. The van der Waals surface area contributed by atoms with Gasteiger partial charge in [-0.3, -0.25) is 4.68 Å². The van der Waals surface area contributed by atoms with Crippen molar-refractivity contribution in [2.75, 3.05) is 6.54 Å². The highest BCUT2D eigenvalue weighted by molar-refractivity contribution is 5.48. The molecule has 104 valence electrons. The van der Waals surface area contributed by atoms with E-state index in [9.17, 15) is 0 Å². The molecule has 0 saturated carbocycles. The fourth-order valence-electron chi connectivity index (χ4n) is 1.83. The number of ether oxygens (including phenoxy) is 1. The van der Waals surface area contributed by atoms with Crippen molar-refractivity contribution in [2.24, 2.45) is 5.73 Å². The number of aryl methyl sites for hydroxylation is 2. The van der Waals surface area contributed by atoms with E-state index in [4.69, 9.17) is 10.5 Å². The van der Waals surface area contributed by atoms with Crippen LogP contribution in [0.3, 0.4) is 0 Å². The first kappa shape index (κ1) is 14.2. The molecule has 2 rings (SSSR count). The van der Waals surface area contributed by atoms with Gasteiger partial charge in [0.1, 0.15) is 12.4 Å². The molecule has 0 aliphatic carbocycles. The Hall–Kier alpha value is -2.25. The molecule has 0 aliphatic rings. The Labute approximate surface area is 119 Å². The second-order valence-electron chi connectivity index (χ2n) is 4.50. The van der Waals surface area contributed by atoms with E-state index < -0.39 is 0 Å². The van der Waals surface area contributed by atoms with Crippen molar-refractivity contribution >= 4 is 0 Å². The van der Waals surface area contributed by atoms with Gasteiger partial charge in [-0.25, -0.2) is 0 Å². The Balaban J connectivity index is 2.12. The van der Waals surface area contributed by atoms with Crippen molar-refractivity contribution < 1.29 is 4.74 Å². The van der Waals surface area contributed by atoms with Gasteiger partial charge in [-0.2, -0.15) is 5.10 Å². The Morgan fingerprint density at radius 2 is 2.25 bits per heavy atom. The first-order valence-corrected chi connectivity index (χ1v) is 6.66. The van der Waals surface area contributed by atoms with E-state index in [2.05, 4.69) is 23.9 Å². The van der Waals surface area contributed by atoms with Gasteiger partial charge in [-0.15, -0.1) is 0 Å². The summed E-state index contributed by atoms with van der Waals surface area (Å²) in [5, 5.41) is 4.23. The molecule has 2 N–H and O–H groups in total. The Morgan fingerprint density at radius 3 is 2.95 bits per heavy atom. The number of nitrogens with two attached hydrogens (primary N) is 1. The topological polar surface area (TPSA) is 53.1 Å². The van der Waals surface area contributed by atoms with Crippen molar-refractivity contribution in [1.82, 2.24) is 9.78 Å². The minimum absolute atomic E-state index is 0.344. The van der Waals surface area contributed by atoms with Gasteiger partial charge in [-0.1, -0.05) is 17.9 Å². The Morgan fingerprint density at radius 1 is 1.40 bits per heavy atom. The van der Waals surface area contributed by atoms with E-state index in [0.717, 1.165) is 29.0 Å². The molecule has 4 heteroatoms. The summed E-state index contributed by atoms with van der Waals surface area (Å²) in [6.07, 6.45) is 3.81. The summed E-state index contributed by atoms with van der Waals surface area (Å²) in [6, 6.07) is 5.96. The number of hydrogen-bond acceptors (Lipinski definition) is 3. The molecule has 1 aromatic heterocycles. The minimum Gasteiger partial charge on any atom is -0.487 e. The van der Waals surface area contributed by atoms with Gasteiger partial charge in [-0.05, 0) is 31.5 Å². The van der Waals surface area contributed by atoms with Gasteiger partial charge >= 0.3 is 0 Å². The van der Waals surface area contributed by atoms with E-state index in [-0.39, 0.29) is 0 Å². The summed E-state index contributed by atoms with van der Waals surface area (Å²) < 4.78 is 7.71. The smallest absolute Gasteiger partial charge is 0.135 e. The minimum atomic E-state index is 0.344. The lowest BCUT2D eigenvalue weighted by molar-refractivity contribution is 0.305. The van der Waals surface area contributed by atoms with Gasteiger partial charge < -0.3 is 10.5 Å². The monoisotopic (exact) mass is 269 g/mol. The van der Waals surface area contributed by atoms with Gasteiger partial charge in [0.05, 0.1) is 18.3 Å². The SMILES string of the molecule is CCn1cc(COc2ccc(C)cc2C#CCN)cn1. The van der Waals surface area contributed by atoms with Crippen LogP contribution in [0.25, 0.3) is 0 Å². The maximum atomic E-state index is 5.84. The number of rotatable bonds is 4. The molecular weight excluding hydrogens is 250 g/mol. The number of nitrogens with zero attached hydrogens (tertiary/aromatic N) is 2. The van der Waals surface area contributed by atoms with Crippen LogP contribution >= 0.6 is 0 Å². The maximum Gasteiger partial charge on any atom is 0.135 e. The zero-order chi connectivity index (χ0) is 14.4. The van der Waals surface area contributed by atoms with Crippen molar-refractivity contribution in [2.45, 2.75) is 27.0 Å². The summed E-state index contributed by atoms with van der Waals surface area (Å²) in [6.45, 7) is 5.77. The molecule has 0 bridgehead atoms. The van der Waals surface area contributed by atoms with Crippen molar-refractivity contribution in [1.29, 1.82) is 0 Å². The van der Waals surface area contributed by atoms with Gasteiger partial charge in [0.25, 0.3) is 0 Å². The van der Waals surface area contributed by atoms with E-state index >= 15 is 0 Å². The van der Waals surface area contributed by atoms with Gasteiger partial charge in [0.2, 0.25) is 0 Å². The van der Waals surface area contributed by atoms with Crippen LogP contribution in [0.4, 0.5) is 0 Å². The zero-order valence-corrected chi connectivity index (χ0v) is 11.9. The quantitative estimate of drug-likeness (QED) is 0.865.